The molecule has 0 N–H and O–H groups in total. The van der Waals surface area contributed by atoms with Gasteiger partial charge in [-0.05, 0) is 48.0 Å². The average Bonchev–Trinajstić information content (AvgIpc) is 3.11. The van der Waals surface area contributed by atoms with Crippen molar-refractivity contribution in [3.05, 3.63) is 92.7 Å². The van der Waals surface area contributed by atoms with Crippen LogP contribution in [0.4, 0.5) is 0 Å². The molecular formula is C22H21Cl3N2O2. The molecule has 1 amide bonds. The van der Waals surface area contributed by atoms with E-state index in [9.17, 15) is 4.79 Å². The zero-order valence-corrected chi connectivity index (χ0v) is 18.2. The predicted molar refractivity (Wildman–Crippen MR) is 118 cm³/mol. The van der Waals surface area contributed by atoms with Gasteiger partial charge in [0, 0.05) is 42.1 Å². The van der Waals surface area contributed by atoms with Crippen molar-refractivity contribution < 1.29 is 9.53 Å². The van der Waals surface area contributed by atoms with E-state index in [1.54, 1.807) is 30.2 Å². The smallest absolute Gasteiger partial charge is 0.255 e. The van der Waals surface area contributed by atoms with Crippen LogP contribution < -0.4 is 0 Å². The van der Waals surface area contributed by atoms with Gasteiger partial charge in [-0.25, -0.2) is 0 Å². The minimum absolute atomic E-state index is 0.167. The molecule has 0 aliphatic carbocycles. The number of amides is 1. The second-order valence-electron chi connectivity index (χ2n) is 6.60. The van der Waals surface area contributed by atoms with Crippen LogP contribution in [0, 0.1) is 0 Å². The van der Waals surface area contributed by atoms with E-state index in [4.69, 9.17) is 39.5 Å². The van der Waals surface area contributed by atoms with E-state index >= 15 is 0 Å². The van der Waals surface area contributed by atoms with Crippen LogP contribution in [0.1, 0.15) is 21.6 Å². The summed E-state index contributed by atoms with van der Waals surface area (Å²) in [5, 5.41) is 1.52. The van der Waals surface area contributed by atoms with E-state index in [1.807, 2.05) is 42.6 Å². The van der Waals surface area contributed by atoms with Gasteiger partial charge in [0.2, 0.25) is 0 Å². The fourth-order valence-electron chi connectivity index (χ4n) is 3.06. The van der Waals surface area contributed by atoms with Crippen molar-refractivity contribution in [2.75, 3.05) is 20.3 Å². The largest absolute Gasteiger partial charge is 0.383 e. The highest BCUT2D eigenvalue weighted by Gasteiger charge is 2.20. The Balaban J connectivity index is 1.82. The molecule has 0 aliphatic rings. The third-order valence-electron chi connectivity index (χ3n) is 4.53. The molecule has 1 aromatic heterocycles. The van der Waals surface area contributed by atoms with Crippen molar-refractivity contribution in [2.24, 2.45) is 0 Å². The second-order valence-corrected chi connectivity index (χ2v) is 7.88. The molecule has 0 unspecified atom stereocenters. The molecule has 0 saturated heterocycles. The van der Waals surface area contributed by atoms with Gasteiger partial charge in [-0.3, -0.25) is 4.79 Å². The van der Waals surface area contributed by atoms with Gasteiger partial charge in [-0.15, -0.1) is 0 Å². The summed E-state index contributed by atoms with van der Waals surface area (Å²) < 4.78 is 7.30. The lowest BCUT2D eigenvalue weighted by molar-refractivity contribution is 0.0676. The standard InChI is InChI=1S/C22H21Cl3N2O2/c1-29-11-10-27(22(28)20-8-7-18(24)13-21(20)25)15-19-6-3-9-26(19)14-16-4-2-5-17(23)12-16/h2-9,12-13H,10-11,14-15H2,1H3. The van der Waals surface area contributed by atoms with Crippen LogP contribution in [0.5, 0.6) is 0 Å². The van der Waals surface area contributed by atoms with Crippen molar-refractivity contribution in [1.82, 2.24) is 9.47 Å². The monoisotopic (exact) mass is 450 g/mol. The molecule has 3 aromatic rings. The summed E-state index contributed by atoms with van der Waals surface area (Å²) in [6.45, 7) is 1.95. The van der Waals surface area contributed by atoms with E-state index in [-0.39, 0.29) is 5.91 Å². The summed E-state index contributed by atoms with van der Waals surface area (Å²) in [6, 6.07) is 16.6. The highest BCUT2D eigenvalue weighted by atomic mass is 35.5. The van der Waals surface area contributed by atoms with Crippen LogP contribution >= 0.6 is 34.8 Å². The molecule has 4 nitrogen and oxygen atoms in total. The lowest BCUT2D eigenvalue weighted by atomic mass is 10.2. The number of hydrogen-bond acceptors (Lipinski definition) is 2. The van der Waals surface area contributed by atoms with Gasteiger partial charge in [-0.1, -0.05) is 46.9 Å². The first-order valence-corrected chi connectivity index (χ1v) is 10.2. The lowest BCUT2D eigenvalue weighted by Crippen LogP contribution is -2.34. The minimum atomic E-state index is -0.167. The predicted octanol–water partition coefficient (Wildman–Crippen LogP) is 5.79. The molecule has 1 heterocycles. The molecular weight excluding hydrogens is 431 g/mol. The zero-order chi connectivity index (χ0) is 20.8. The molecule has 152 valence electrons. The van der Waals surface area contributed by atoms with E-state index in [2.05, 4.69) is 4.57 Å². The summed E-state index contributed by atoms with van der Waals surface area (Å²) in [7, 11) is 1.61. The summed E-state index contributed by atoms with van der Waals surface area (Å²) in [5.74, 6) is -0.167. The molecule has 0 atom stereocenters. The van der Waals surface area contributed by atoms with Crippen LogP contribution in [0.2, 0.25) is 15.1 Å². The van der Waals surface area contributed by atoms with E-state index in [0.717, 1.165) is 11.3 Å². The molecule has 0 aliphatic heterocycles. The fraction of sp³-hybridized carbons (Fsp3) is 0.227. The molecule has 29 heavy (non-hydrogen) atoms. The topological polar surface area (TPSA) is 34.5 Å². The Morgan fingerprint density at radius 3 is 2.55 bits per heavy atom. The molecule has 0 radical (unpaired) electrons. The molecule has 0 spiro atoms. The number of carbonyl (C=O) groups excluding carboxylic acids is 1. The number of hydrogen-bond donors (Lipinski definition) is 0. The van der Waals surface area contributed by atoms with Crippen molar-refractivity contribution >= 4 is 40.7 Å². The van der Waals surface area contributed by atoms with Gasteiger partial charge in [0.05, 0.1) is 23.7 Å². The number of nitrogens with zero attached hydrogens (tertiary/aromatic N) is 2. The maximum absolute atomic E-state index is 13.1. The maximum atomic E-state index is 13.1. The Kier molecular flexibility index (Phi) is 7.62. The Morgan fingerprint density at radius 2 is 1.83 bits per heavy atom. The third-order valence-corrected chi connectivity index (χ3v) is 5.32. The molecule has 0 bridgehead atoms. The number of ether oxygens (including phenoxy) is 1. The number of methoxy groups -OCH3 is 1. The normalized spacial score (nSPS) is 10.9. The first-order valence-electron chi connectivity index (χ1n) is 9.09. The fourth-order valence-corrected chi connectivity index (χ4v) is 3.76. The maximum Gasteiger partial charge on any atom is 0.255 e. The number of halogens is 3. The van der Waals surface area contributed by atoms with Gasteiger partial charge in [0.1, 0.15) is 0 Å². The number of carbonyl (C=O) groups is 1. The third kappa shape index (κ3) is 5.77. The van der Waals surface area contributed by atoms with Gasteiger partial charge in [0.25, 0.3) is 5.91 Å². The summed E-state index contributed by atoms with van der Waals surface area (Å²) in [6.07, 6.45) is 1.99. The van der Waals surface area contributed by atoms with Gasteiger partial charge in [0.15, 0.2) is 0 Å². The van der Waals surface area contributed by atoms with Crippen LogP contribution in [0.3, 0.4) is 0 Å². The molecule has 7 heteroatoms. The van der Waals surface area contributed by atoms with Gasteiger partial charge in [-0.2, -0.15) is 0 Å². The van der Waals surface area contributed by atoms with Gasteiger partial charge >= 0.3 is 0 Å². The second kappa shape index (κ2) is 10.2. The lowest BCUT2D eigenvalue weighted by Gasteiger charge is -2.24. The first kappa shape index (κ1) is 21.7. The quantitative estimate of drug-likeness (QED) is 0.435. The Morgan fingerprint density at radius 1 is 1.03 bits per heavy atom. The zero-order valence-electron chi connectivity index (χ0n) is 15.9. The van der Waals surface area contributed by atoms with Crippen LogP contribution in [-0.2, 0) is 17.8 Å². The summed E-state index contributed by atoms with van der Waals surface area (Å²) in [4.78, 5) is 14.9. The molecule has 2 aromatic carbocycles. The van der Waals surface area contributed by atoms with Crippen molar-refractivity contribution in [3.63, 3.8) is 0 Å². The number of benzene rings is 2. The minimum Gasteiger partial charge on any atom is -0.383 e. The Hall–Kier alpha value is -1.98. The SMILES string of the molecule is COCCN(Cc1cccn1Cc1cccc(Cl)c1)C(=O)c1ccc(Cl)cc1Cl. The van der Waals surface area contributed by atoms with E-state index in [0.29, 0.717) is 46.9 Å². The van der Waals surface area contributed by atoms with Crippen LogP contribution in [0.25, 0.3) is 0 Å². The average molecular weight is 452 g/mol. The number of aromatic nitrogens is 1. The first-order chi connectivity index (χ1) is 14.0. The molecule has 0 fully saturated rings. The van der Waals surface area contributed by atoms with Gasteiger partial charge < -0.3 is 14.2 Å². The summed E-state index contributed by atoms with van der Waals surface area (Å²) in [5.41, 5.74) is 2.50. The highest BCUT2D eigenvalue weighted by molar-refractivity contribution is 6.36. The van der Waals surface area contributed by atoms with Crippen molar-refractivity contribution in [3.8, 4) is 0 Å². The summed E-state index contributed by atoms with van der Waals surface area (Å²) >= 11 is 18.3. The highest BCUT2D eigenvalue weighted by Crippen LogP contribution is 2.23. The van der Waals surface area contributed by atoms with E-state index < -0.39 is 0 Å². The van der Waals surface area contributed by atoms with Crippen LogP contribution in [-0.4, -0.2) is 35.6 Å². The molecule has 3 rings (SSSR count). The van der Waals surface area contributed by atoms with Crippen LogP contribution in [0.15, 0.2) is 60.8 Å². The Labute approximate surface area is 185 Å². The van der Waals surface area contributed by atoms with E-state index in [1.165, 1.54) is 0 Å². The molecule has 0 saturated carbocycles. The van der Waals surface area contributed by atoms with Crippen molar-refractivity contribution in [1.29, 1.82) is 0 Å². The Bertz CT molecular complexity index is 988. The number of rotatable bonds is 8. The van der Waals surface area contributed by atoms with Crippen molar-refractivity contribution in [2.45, 2.75) is 13.1 Å².